The summed E-state index contributed by atoms with van der Waals surface area (Å²) in [5, 5.41) is 3.01. The van der Waals surface area contributed by atoms with Crippen molar-refractivity contribution in [2.24, 2.45) is 0 Å². The molecule has 7 heteroatoms. The first-order valence-corrected chi connectivity index (χ1v) is 11.1. The molecule has 1 amide bonds. The Balaban J connectivity index is 1.80. The van der Waals surface area contributed by atoms with Crippen molar-refractivity contribution in [1.29, 1.82) is 0 Å². The van der Waals surface area contributed by atoms with Gasteiger partial charge >= 0.3 is 0 Å². The van der Waals surface area contributed by atoms with Crippen molar-refractivity contribution in [3.8, 4) is 5.75 Å². The van der Waals surface area contributed by atoms with Crippen LogP contribution in [-0.2, 0) is 14.8 Å². The maximum atomic E-state index is 12.9. The molecule has 0 saturated heterocycles. The lowest BCUT2D eigenvalue weighted by molar-refractivity contribution is -0.128. The summed E-state index contributed by atoms with van der Waals surface area (Å²) < 4.78 is 31.6. The Labute approximate surface area is 166 Å². The largest absolute Gasteiger partial charge is 0.478 e. The number of amides is 1. The van der Waals surface area contributed by atoms with Crippen LogP contribution in [-0.4, -0.2) is 33.2 Å². The molecule has 0 unspecified atom stereocenters. The fourth-order valence-corrected chi connectivity index (χ4v) is 4.50. The number of ether oxygens (including phenoxy) is 1. The van der Waals surface area contributed by atoms with Crippen LogP contribution in [0.2, 0.25) is 0 Å². The van der Waals surface area contributed by atoms with Crippen LogP contribution < -0.4 is 14.4 Å². The Morgan fingerprint density at radius 2 is 1.93 bits per heavy atom. The number of carbonyl (C=O) groups is 1. The van der Waals surface area contributed by atoms with Gasteiger partial charge in [0, 0.05) is 13.0 Å². The normalized spacial score (nSPS) is 17.9. The molecule has 0 aliphatic carbocycles. The number of nitrogens with zero attached hydrogens (tertiary/aromatic N) is 1. The van der Waals surface area contributed by atoms with E-state index in [4.69, 9.17) is 4.74 Å². The van der Waals surface area contributed by atoms with Crippen LogP contribution in [0.3, 0.4) is 0 Å². The fourth-order valence-electron chi connectivity index (χ4n) is 3.55. The molecule has 0 spiro atoms. The molecule has 6 nitrogen and oxygen atoms in total. The van der Waals surface area contributed by atoms with Crippen molar-refractivity contribution in [3.63, 3.8) is 0 Å². The summed E-state index contributed by atoms with van der Waals surface area (Å²) in [6.45, 7) is 6.17. The predicted molar refractivity (Wildman–Crippen MR) is 110 cm³/mol. The van der Waals surface area contributed by atoms with Crippen LogP contribution in [0.4, 0.5) is 5.69 Å². The van der Waals surface area contributed by atoms with E-state index < -0.39 is 16.1 Å². The Hall–Kier alpha value is -2.54. The van der Waals surface area contributed by atoms with Crippen molar-refractivity contribution >= 4 is 21.6 Å². The van der Waals surface area contributed by atoms with E-state index in [-0.39, 0.29) is 24.9 Å². The minimum atomic E-state index is -3.47. The van der Waals surface area contributed by atoms with E-state index in [0.717, 1.165) is 17.4 Å². The zero-order valence-electron chi connectivity index (χ0n) is 16.6. The van der Waals surface area contributed by atoms with Gasteiger partial charge in [0.2, 0.25) is 10.0 Å². The number of carbonyl (C=O) groups excluding carboxylic acids is 1. The van der Waals surface area contributed by atoms with Gasteiger partial charge in [-0.3, -0.25) is 9.10 Å². The van der Waals surface area contributed by atoms with E-state index >= 15 is 0 Å². The summed E-state index contributed by atoms with van der Waals surface area (Å²) in [6, 6.07) is 12.8. The first-order chi connectivity index (χ1) is 13.2. The van der Waals surface area contributed by atoms with Gasteiger partial charge in [-0.2, -0.15) is 0 Å². The lowest BCUT2D eigenvalue weighted by Gasteiger charge is -2.21. The molecule has 1 heterocycles. The average molecular weight is 403 g/mol. The number of sulfonamides is 1. The molecule has 0 fully saturated rings. The molecular weight excluding hydrogens is 376 g/mol. The summed E-state index contributed by atoms with van der Waals surface area (Å²) in [6.07, 6.45) is 0.667. The highest BCUT2D eigenvalue weighted by atomic mass is 32.2. The van der Waals surface area contributed by atoms with Gasteiger partial charge in [-0.25, -0.2) is 8.42 Å². The van der Waals surface area contributed by atoms with Crippen molar-refractivity contribution in [1.82, 2.24) is 5.32 Å². The van der Waals surface area contributed by atoms with Crippen LogP contribution in [0, 0.1) is 13.8 Å². The number of fused-ring (bicyclic) bond motifs is 1. The standard InChI is InChI=1S/C21H26N2O4S/c1-14-9-10-17(15(2)13-14)16(3)22-21(24)20-11-12-23(28(4,25)26)18-7-5-6-8-19(18)27-20/h5-10,13,16,20H,11-12H2,1-4H3,(H,22,24)/t16-,20-/m1/s1. The molecule has 0 saturated carbocycles. The van der Waals surface area contributed by atoms with Gasteiger partial charge in [0.25, 0.3) is 5.91 Å². The fraction of sp³-hybridized carbons (Fsp3) is 0.381. The number of hydrogen-bond acceptors (Lipinski definition) is 4. The van der Waals surface area contributed by atoms with Crippen molar-refractivity contribution < 1.29 is 17.9 Å². The maximum Gasteiger partial charge on any atom is 0.261 e. The van der Waals surface area contributed by atoms with E-state index in [2.05, 4.69) is 11.4 Å². The molecule has 2 atom stereocenters. The van der Waals surface area contributed by atoms with Gasteiger partial charge in [-0.05, 0) is 44.0 Å². The summed E-state index contributed by atoms with van der Waals surface area (Å²) in [7, 11) is -3.47. The third kappa shape index (κ3) is 4.30. The highest BCUT2D eigenvalue weighted by molar-refractivity contribution is 7.92. The predicted octanol–water partition coefficient (Wildman–Crippen LogP) is 3.10. The molecule has 150 valence electrons. The third-order valence-electron chi connectivity index (χ3n) is 4.94. The topological polar surface area (TPSA) is 75.7 Å². The second kappa shape index (κ2) is 7.83. The Morgan fingerprint density at radius 1 is 1.21 bits per heavy atom. The number of rotatable bonds is 4. The number of para-hydroxylation sites is 2. The van der Waals surface area contributed by atoms with E-state index in [1.807, 2.05) is 32.9 Å². The SMILES string of the molecule is Cc1ccc([C@@H](C)NC(=O)[C@H]2CCN(S(C)(=O)=O)c3ccccc3O2)c(C)c1. The van der Waals surface area contributed by atoms with E-state index in [1.54, 1.807) is 24.3 Å². The van der Waals surface area contributed by atoms with Crippen molar-refractivity contribution in [2.75, 3.05) is 17.1 Å². The van der Waals surface area contributed by atoms with Gasteiger partial charge in [-0.15, -0.1) is 0 Å². The lowest BCUT2D eigenvalue weighted by atomic mass is 10.00. The number of aryl methyl sites for hydroxylation is 2. The monoisotopic (exact) mass is 402 g/mol. The van der Waals surface area contributed by atoms with Gasteiger partial charge in [-0.1, -0.05) is 35.9 Å². The summed E-state index contributed by atoms with van der Waals surface area (Å²) >= 11 is 0. The smallest absolute Gasteiger partial charge is 0.261 e. The number of hydrogen-bond donors (Lipinski definition) is 1. The zero-order chi connectivity index (χ0) is 20.5. The highest BCUT2D eigenvalue weighted by Crippen LogP contribution is 2.34. The molecule has 28 heavy (non-hydrogen) atoms. The van der Waals surface area contributed by atoms with Crippen LogP contribution in [0.1, 0.15) is 36.1 Å². The zero-order valence-corrected chi connectivity index (χ0v) is 17.4. The number of benzene rings is 2. The van der Waals surface area contributed by atoms with E-state index in [9.17, 15) is 13.2 Å². The third-order valence-corrected chi connectivity index (χ3v) is 6.12. The molecule has 2 aromatic rings. The van der Waals surface area contributed by atoms with Crippen molar-refractivity contribution in [3.05, 3.63) is 59.2 Å². The van der Waals surface area contributed by atoms with Gasteiger partial charge in [0.1, 0.15) is 5.75 Å². The van der Waals surface area contributed by atoms with Crippen LogP contribution in [0.25, 0.3) is 0 Å². The Kier molecular flexibility index (Phi) is 5.65. The first-order valence-electron chi connectivity index (χ1n) is 9.27. The van der Waals surface area contributed by atoms with Crippen molar-refractivity contribution in [2.45, 2.75) is 39.3 Å². The lowest BCUT2D eigenvalue weighted by Crippen LogP contribution is -2.41. The maximum absolute atomic E-state index is 12.9. The number of nitrogens with one attached hydrogen (secondary N) is 1. The number of anilines is 1. The Morgan fingerprint density at radius 3 is 2.61 bits per heavy atom. The van der Waals surface area contributed by atoms with Crippen LogP contribution in [0.15, 0.2) is 42.5 Å². The molecule has 0 bridgehead atoms. The molecule has 2 aromatic carbocycles. The average Bonchev–Trinajstić information content (AvgIpc) is 2.81. The summed E-state index contributed by atoms with van der Waals surface area (Å²) in [4.78, 5) is 12.9. The molecule has 3 rings (SSSR count). The molecule has 0 radical (unpaired) electrons. The summed E-state index contributed by atoms with van der Waals surface area (Å²) in [5.41, 5.74) is 3.79. The second-order valence-corrected chi connectivity index (χ2v) is 9.20. The molecule has 1 aliphatic rings. The Bertz CT molecular complexity index is 988. The van der Waals surface area contributed by atoms with Gasteiger partial charge < -0.3 is 10.1 Å². The highest BCUT2D eigenvalue weighted by Gasteiger charge is 2.31. The van der Waals surface area contributed by atoms with Gasteiger partial charge in [0.05, 0.1) is 18.0 Å². The summed E-state index contributed by atoms with van der Waals surface area (Å²) in [5.74, 6) is 0.141. The molecular formula is C21H26N2O4S. The second-order valence-electron chi connectivity index (χ2n) is 7.29. The minimum Gasteiger partial charge on any atom is -0.478 e. The van der Waals surface area contributed by atoms with E-state index in [1.165, 1.54) is 9.87 Å². The van der Waals surface area contributed by atoms with Crippen LogP contribution >= 0.6 is 0 Å². The molecule has 0 aromatic heterocycles. The van der Waals surface area contributed by atoms with Gasteiger partial charge in [0.15, 0.2) is 6.10 Å². The minimum absolute atomic E-state index is 0.179. The molecule has 1 N–H and O–H groups in total. The van der Waals surface area contributed by atoms with Crippen LogP contribution in [0.5, 0.6) is 5.75 Å². The first kappa shape index (κ1) is 20.2. The molecule has 1 aliphatic heterocycles. The quantitative estimate of drug-likeness (QED) is 0.853. The van der Waals surface area contributed by atoms with E-state index in [0.29, 0.717) is 11.4 Å².